The average molecular weight is 124 g/mol. The van der Waals surface area contributed by atoms with Crippen LogP contribution in [0.2, 0.25) is 0 Å². The maximum Gasteiger partial charge on any atom is -0.0169 e. The van der Waals surface area contributed by atoms with E-state index in [2.05, 4.69) is 38.2 Å². The Bertz CT molecular complexity index is 96.6. The molecule has 0 aliphatic rings. The van der Waals surface area contributed by atoms with Gasteiger partial charge in [0.2, 0.25) is 0 Å². The van der Waals surface area contributed by atoms with Crippen LogP contribution in [0.5, 0.6) is 0 Å². The first-order valence-electron chi connectivity index (χ1n) is 3.55. The van der Waals surface area contributed by atoms with Crippen molar-refractivity contribution in [3.8, 4) is 0 Å². The molecule has 0 spiro atoms. The number of allylic oxidation sites excluding steroid dienone is 4. The van der Waals surface area contributed by atoms with Gasteiger partial charge in [-0.05, 0) is 19.3 Å². The minimum Gasteiger partial charge on any atom is -0.0914 e. The molecule has 0 heteroatoms. The van der Waals surface area contributed by atoms with E-state index < -0.39 is 0 Å². The normalized spacial score (nSPS) is 12.4. The molecule has 0 heterocycles. The fourth-order valence-electron chi connectivity index (χ4n) is 0.565. The summed E-state index contributed by atoms with van der Waals surface area (Å²) in [7, 11) is 0. The molecule has 0 aromatic carbocycles. The zero-order valence-electron chi connectivity index (χ0n) is 6.59. The number of rotatable bonds is 3. The maximum absolute atomic E-state index is 2.22. The van der Waals surface area contributed by atoms with Crippen LogP contribution in [0.3, 0.4) is 0 Å². The number of hydrogen-bond donors (Lipinski definition) is 0. The third kappa shape index (κ3) is 7.48. The third-order valence-electron chi connectivity index (χ3n) is 1.03. The van der Waals surface area contributed by atoms with Crippen molar-refractivity contribution in [3.63, 3.8) is 0 Å². The smallest absolute Gasteiger partial charge is 0.0169 e. The highest BCUT2D eigenvalue weighted by atomic mass is 13.9. The van der Waals surface area contributed by atoms with E-state index >= 15 is 0 Å². The fourth-order valence-corrected chi connectivity index (χ4v) is 0.565. The largest absolute Gasteiger partial charge is 0.0914 e. The molecule has 0 unspecified atom stereocenters. The van der Waals surface area contributed by atoms with Crippen molar-refractivity contribution >= 4 is 0 Å². The quantitative estimate of drug-likeness (QED) is 0.507. The molecule has 0 saturated carbocycles. The SMILES string of the molecule is CC=CC/C=C\C(C)C. The second kappa shape index (κ2) is 5.61. The molecule has 0 radical (unpaired) electrons. The molecule has 0 aromatic rings. The highest BCUT2D eigenvalue weighted by Crippen LogP contribution is 1.95. The third-order valence-corrected chi connectivity index (χ3v) is 1.03. The summed E-state index contributed by atoms with van der Waals surface area (Å²) in [6.07, 6.45) is 9.73. The van der Waals surface area contributed by atoms with Gasteiger partial charge in [-0.2, -0.15) is 0 Å². The van der Waals surface area contributed by atoms with Crippen LogP contribution in [-0.2, 0) is 0 Å². The molecule has 0 amide bonds. The molecule has 0 aromatic heterocycles. The van der Waals surface area contributed by atoms with Crippen LogP contribution < -0.4 is 0 Å². The van der Waals surface area contributed by atoms with E-state index in [0.29, 0.717) is 5.92 Å². The van der Waals surface area contributed by atoms with Crippen LogP contribution in [0.4, 0.5) is 0 Å². The first-order valence-corrected chi connectivity index (χ1v) is 3.55. The summed E-state index contributed by atoms with van der Waals surface area (Å²) in [6, 6.07) is 0. The van der Waals surface area contributed by atoms with Gasteiger partial charge in [0.25, 0.3) is 0 Å². The van der Waals surface area contributed by atoms with Crippen LogP contribution in [0.25, 0.3) is 0 Å². The second-order valence-electron chi connectivity index (χ2n) is 2.48. The molecule has 0 rings (SSSR count). The van der Waals surface area contributed by atoms with E-state index in [1.807, 2.05) is 6.92 Å². The zero-order chi connectivity index (χ0) is 7.11. The van der Waals surface area contributed by atoms with Gasteiger partial charge in [-0.1, -0.05) is 38.2 Å². The highest BCUT2D eigenvalue weighted by Gasteiger charge is 1.79. The topological polar surface area (TPSA) is 0 Å². The van der Waals surface area contributed by atoms with E-state index in [1.54, 1.807) is 0 Å². The lowest BCUT2D eigenvalue weighted by molar-refractivity contribution is 0.828. The summed E-state index contributed by atoms with van der Waals surface area (Å²) in [5.74, 6) is 0.690. The molecule has 0 saturated heterocycles. The summed E-state index contributed by atoms with van der Waals surface area (Å²) in [4.78, 5) is 0. The van der Waals surface area contributed by atoms with Crippen molar-refractivity contribution in [2.24, 2.45) is 5.92 Å². The Morgan fingerprint density at radius 2 is 1.89 bits per heavy atom. The predicted molar refractivity (Wildman–Crippen MR) is 43.4 cm³/mol. The number of hydrogen-bond acceptors (Lipinski definition) is 0. The summed E-state index contributed by atoms with van der Waals surface area (Å²) in [6.45, 7) is 6.42. The van der Waals surface area contributed by atoms with Gasteiger partial charge in [0.1, 0.15) is 0 Å². The minimum absolute atomic E-state index is 0.690. The van der Waals surface area contributed by atoms with Gasteiger partial charge in [-0.25, -0.2) is 0 Å². The van der Waals surface area contributed by atoms with Gasteiger partial charge in [-0.15, -0.1) is 0 Å². The summed E-state index contributed by atoms with van der Waals surface area (Å²) >= 11 is 0. The van der Waals surface area contributed by atoms with Gasteiger partial charge in [-0.3, -0.25) is 0 Å². The highest BCUT2D eigenvalue weighted by molar-refractivity contribution is 4.92. The van der Waals surface area contributed by atoms with Crippen molar-refractivity contribution in [2.45, 2.75) is 27.2 Å². The van der Waals surface area contributed by atoms with Crippen LogP contribution >= 0.6 is 0 Å². The Morgan fingerprint density at radius 1 is 1.22 bits per heavy atom. The average Bonchev–Trinajstić information content (AvgIpc) is 1.80. The molecule has 0 fully saturated rings. The maximum atomic E-state index is 2.22. The molecular formula is C9H16. The first-order chi connectivity index (χ1) is 4.27. The Hall–Kier alpha value is -0.520. The van der Waals surface area contributed by atoms with Crippen LogP contribution in [-0.4, -0.2) is 0 Å². The minimum atomic E-state index is 0.690. The van der Waals surface area contributed by atoms with Crippen molar-refractivity contribution in [2.75, 3.05) is 0 Å². The van der Waals surface area contributed by atoms with Crippen LogP contribution in [0.1, 0.15) is 27.2 Å². The van der Waals surface area contributed by atoms with E-state index in [-0.39, 0.29) is 0 Å². The predicted octanol–water partition coefficient (Wildman–Crippen LogP) is 3.16. The molecule has 0 bridgehead atoms. The van der Waals surface area contributed by atoms with Gasteiger partial charge in [0, 0.05) is 0 Å². The van der Waals surface area contributed by atoms with Crippen molar-refractivity contribution in [1.29, 1.82) is 0 Å². The van der Waals surface area contributed by atoms with E-state index in [1.165, 1.54) is 0 Å². The Labute approximate surface area is 58.3 Å². The first kappa shape index (κ1) is 8.48. The van der Waals surface area contributed by atoms with E-state index in [0.717, 1.165) is 6.42 Å². The summed E-state index contributed by atoms with van der Waals surface area (Å²) in [5.41, 5.74) is 0. The van der Waals surface area contributed by atoms with Crippen molar-refractivity contribution in [3.05, 3.63) is 24.3 Å². The molecule has 0 aliphatic heterocycles. The molecule has 0 atom stereocenters. The lowest BCUT2D eigenvalue weighted by Crippen LogP contribution is -1.75. The standard InChI is InChI=1S/C9H16/c1-4-5-6-7-8-9(2)3/h4-5,7-9H,6H2,1-3H3/b5-4?,8-7-. The molecular weight excluding hydrogens is 108 g/mol. The lowest BCUT2D eigenvalue weighted by atomic mass is 10.2. The Kier molecular flexibility index (Phi) is 5.29. The Morgan fingerprint density at radius 3 is 2.33 bits per heavy atom. The molecule has 52 valence electrons. The Balaban J connectivity index is 3.25. The van der Waals surface area contributed by atoms with Crippen molar-refractivity contribution < 1.29 is 0 Å². The fraction of sp³-hybridized carbons (Fsp3) is 0.556. The molecule has 0 aliphatic carbocycles. The summed E-state index contributed by atoms with van der Waals surface area (Å²) in [5, 5.41) is 0. The second-order valence-corrected chi connectivity index (χ2v) is 2.48. The van der Waals surface area contributed by atoms with Gasteiger partial charge >= 0.3 is 0 Å². The van der Waals surface area contributed by atoms with Crippen LogP contribution in [0.15, 0.2) is 24.3 Å². The van der Waals surface area contributed by atoms with E-state index in [9.17, 15) is 0 Å². The molecule has 0 N–H and O–H groups in total. The zero-order valence-corrected chi connectivity index (χ0v) is 6.59. The van der Waals surface area contributed by atoms with Crippen molar-refractivity contribution in [1.82, 2.24) is 0 Å². The molecule has 0 nitrogen and oxygen atoms in total. The monoisotopic (exact) mass is 124 g/mol. The van der Waals surface area contributed by atoms with Gasteiger partial charge in [0.05, 0.1) is 0 Å². The summed E-state index contributed by atoms with van der Waals surface area (Å²) < 4.78 is 0. The van der Waals surface area contributed by atoms with Crippen LogP contribution in [0, 0.1) is 5.92 Å². The van der Waals surface area contributed by atoms with Gasteiger partial charge in [0.15, 0.2) is 0 Å². The molecule has 9 heavy (non-hydrogen) atoms. The van der Waals surface area contributed by atoms with E-state index in [4.69, 9.17) is 0 Å². The lowest BCUT2D eigenvalue weighted by Gasteiger charge is -1.89. The van der Waals surface area contributed by atoms with Gasteiger partial charge < -0.3 is 0 Å².